The Hall–Kier alpha value is -3.83. The Morgan fingerprint density at radius 1 is 1.11 bits per heavy atom. The van der Waals surface area contributed by atoms with Gasteiger partial charge < -0.3 is 19.4 Å². The number of carbonyl (C=O) groups is 1. The van der Waals surface area contributed by atoms with Crippen LogP contribution in [0.25, 0.3) is 10.2 Å². The van der Waals surface area contributed by atoms with Crippen LogP contribution in [0.4, 0.5) is 11.4 Å². The molecule has 35 heavy (non-hydrogen) atoms. The monoisotopic (exact) mass is 511 g/mol. The number of amides is 1. The van der Waals surface area contributed by atoms with Crippen molar-refractivity contribution in [3.05, 3.63) is 76.4 Å². The number of carbonyl (C=O) groups excluding carboxylic acids is 1. The number of ether oxygens (including phenoxy) is 2. The van der Waals surface area contributed by atoms with E-state index >= 15 is 0 Å². The van der Waals surface area contributed by atoms with Gasteiger partial charge in [-0.1, -0.05) is 23.5 Å². The molecule has 1 aromatic heterocycles. The first-order chi connectivity index (χ1) is 16.8. The normalized spacial score (nSPS) is 15.4. The van der Waals surface area contributed by atoms with Crippen molar-refractivity contribution in [2.75, 3.05) is 23.3 Å². The highest BCUT2D eigenvalue weighted by atomic mass is 32.2. The van der Waals surface area contributed by atoms with Crippen molar-refractivity contribution in [3.8, 4) is 11.5 Å². The fourth-order valence-corrected chi connectivity index (χ4v) is 6.27. The smallest absolute Gasteiger partial charge is 0.307 e. The molecule has 9 nitrogen and oxygen atoms in total. The molecule has 1 atom stereocenters. The number of fused-ring (bicyclic) bond motifs is 2. The van der Waals surface area contributed by atoms with Crippen LogP contribution in [0.3, 0.4) is 0 Å². The molecule has 0 aliphatic carbocycles. The van der Waals surface area contributed by atoms with Gasteiger partial charge in [-0.25, -0.2) is 8.42 Å². The van der Waals surface area contributed by atoms with E-state index in [1.54, 1.807) is 61.6 Å². The molecule has 11 heteroatoms. The van der Waals surface area contributed by atoms with E-state index in [0.29, 0.717) is 17.1 Å². The van der Waals surface area contributed by atoms with Crippen molar-refractivity contribution in [1.29, 1.82) is 0 Å². The van der Waals surface area contributed by atoms with E-state index in [4.69, 9.17) is 9.47 Å². The maximum Gasteiger partial charge on any atom is 0.307 e. The maximum absolute atomic E-state index is 13.5. The van der Waals surface area contributed by atoms with Crippen LogP contribution in [0.2, 0.25) is 0 Å². The summed E-state index contributed by atoms with van der Waals surface area (Å²) in [5.41, 5.74) is 1.59. The molecule has 1 amide bonds. The minimum absolute atomic E-state index is 0.0681. The van der Waals surface area contributed by atoms with Crippen LogP contribution >= 0.6 is 11.3 Å². The number of benzene rings is 3. The Balaban J connectivity index is 1.45. The summed E-state index contributed by atoms with van der Waals surface area (Å²) in [5, 5.41) is 2.78. The minimum atomic E-state index is -3.99. The van der Waals surface area contributed by atoms with Gasteiger partial charge in [0.1, 0.15) is 11.5 Å². The number of nitrogens with one attached hydrogen (secondary N) is 1. The number of anilines is 2. The first-order valence-corrected chi connectivity index (χ1v) is 12.9. The van der Waals surface area contributed by atoms with Crippen LogP contribution in [-0.4, -0.2) is 38.7 Å². The number of rotatable bonds is 5. The lowest BCUT2D eigenvalue weighted by molar-refractivity contribution is -0.122. The lowest BCUT2D eigenvalue weighted by atomic mass is 10.2. The molecule has 1 N–H and O–H groups in total. The van der Waals surface area contributed by atoms with Gasteiger partial charge >= 0.3 is 4.87 Å². The van der Waals surface area contributed by atoms with Crippen molar-refractivity contribution < 1.29 is 22.7 Å². The Labute approximate surface area is 205 Å². The second kappa shape index (κ2) is 8.75. The molecule has 0 radical (unpaired) electrons. The molecular formula is C24H21N3O6S2. The largest absolute Gasteiger partial charge is 0.497 e. The van der Waals surface area contributed by atoms with Gasteiger partial charge in [-0.3, -0.25) is 13.9 Å². The number of hydrogen-bond donors (Lipinski definition) is 1. The van der Waals surface area contributed by atoms with E-state index in [9.17, 15) is 18.0 Å². The lowest BCUT2D eigenvalue weighted by Gasteiger charge is -2.34. The molecule has 0 bridgehead atoms. The standard InChI is InChI=1S/C24H21N3O6S2/c1-26-19-12-7-15(13-22(19)34-24(26)29)25-23(28)21-14-27(18-5-3-4-6-20(18)33-21)35(30,31)17-10-8-16(32-2)9-11-17/h3-13,21H,14H2,1-2H3,(H,25,28)/t21-/m0/s1. The van der Waals surface area contributed by atoms with Crippen LogP contribution < -0.4 is 24.0 Å². The van der Waals surface area contributed by atoms with Crippen molar-refractivity contribution >= 4 is 48.9 Å². The molecule has 5 rings (SSSR count). The fraction of sp³-hybridized carbons (Fsp3) is 0.167. The van der Waals surface area contributed by atoms with Gasteiger partial charge in [-0.05, 0) is 54.6 Å². The summed E-state index contributed by atoms with van der Waals surface area (Å²) < 4.78 is 41.5. The van der Waals surface area contributed by atoms with Gasteiger partial charge in [0.15, 0.2) is 6.10 Å². The zero-order valence-corrected chi connectivity index (χ0v) is 20.4. The topological polar surface area (TPSA) is 107 Å². The molecule has 1 aliphatic rings. The molecular weight excluding hydrogens is 490 g/mol. The third-order valence-electron chi connectivity index (χ3n) is 5.73. The van der Waals surface area contributed by atoms with Crippen molar-refractivity contribution in [2.24, 2.45) is 7.05 Å². The Bertz CT molecular complexity index is 1590. The number of aromatic nitrogens is 1. The highest BCUT2D eigenvalue weighted by molar-refractivity contribution is 7.92. The quantitative estimate of drug-likeness (QED) is 0.441. The molecule has 0 saturated carbocycles. The van der Waals surface area contributed by atoms with Crippen LogP contribution in [0.5, 0.6) is 11.5 Å². The fourth-order valence-electron chi connectivity index (χ4n) is 3.88. The number of hydrogen-bond acceptors (Lipinski definition) is 7. The van der Waals surface area contributed by atoms with E-state index in [0.717, 1.165) is 21.6 Å². The first kappa shape index (κ1) is 22.9. The average molecular weight is 512 g/mol. The summed E-state index contributed by atoms with van der Waals surface area (Å²) in [6.45, 7) is -0.210. The van der Waals surface area contributed by atoms with Crippen molar-refractivity contribution in [3.63, 3.8) is 0 Å². The zero-order valence-electron chi connectivity index (χ0n) is 18.8. The minimum Gasteiger partial charge on any atom is -0.497 e. The zero-order chi connectivity index (χ0) is 24.7. The predicted molar refractivity (Wildman–Crippen MR) is 134 cm³/mol. The molecule has 0 fully saturated rings. The Kier molecular flexibility index (Phi) is 5.73. The number of thiazole rings is 1. The maximum atomic E-state index is 13.5. The number of nitrogens with zero attached hydrogens (tertiary/aromatic N) is 2. The number of methoxy groups -OCH3 is 1. The third kappa shape index (κ3) is 4.13. The summed E-state index contributed by atoms with van der Waals surface area (Å²) >= 11 is 1.08. The van der Waals surface area contributed by atoms with E-state index in [1.807, 2.05) is 0 Å². The SMILES string of the molecule is COc1ccc(S(=O)(=O)N2C[C@@H](C(=O)Nc3ccc4c(c3)sc(=O)n4C)Oc3ccccc32)cc1. The second-order valence-corrected chi connectivity index (χ2v) is 10.7. The van der Waals surface area contributed by atoms with Gasteiger partial charge in [0.25, 0.3) is 15.9 Å². The van der Waals surface area contributed by atoms with E-state index in [2.05, 4.69) is 5.32 Å². The summed E-state index contributed by atoms with van der Waals surface area (Å²) in [7, 11) is -0.803. The predicted octanol–water partition coefficient (Wildman–Crippen LogP) is 3.20. The number of aryl methyl sites for hydroxylation is 1. The van der Waals surface area contributed by atoms with Crippen LogP contribution in [0.15, 0.2) is 76.4 Å². The van der Waals surface area contributed by atoms with Gasteiger partial charge in [0, 0.05) is 12.7 Å². The van der Waals surface area contributed by atoms with Crippen LogP contribution in [0.1, 0.15) is 0 Å². The Morgan fingerprint density at radius 3 is 2.60 bits per heavy atom. The summed E-state index contributed by atoms with van der Waals surface area (Å²) in [6.07, 6.45) is -1.09. The van der Waals surface area contributed by atoms with Gasteiger partial charge in [-0.15, -0.1) is 0 Å². The van der Waals surface area contributed by atoms with E-state index in [-0.39, 0.29) is 22.1 Å². The molecule has 1 aliphatic heterocycles. The second-order valence-electron chi connectivity index (χ2n) is 7.88. The summed E-state index contributed by atoms with van der Waals surface area (Å²) in [5.74, 6) is 0.314. The van der Waals surface area contributed by atoms with Gasteiger partial charge in [0.05, 0.1) is 34.5 Å². The number of para-hydroxylation sites is 2. The van der Waals surface area contributed by atoms with E-state index in [1.165, 1.54) is 28.1 Å². The molecule has 0 unspecified atom stereocenters. The summed E-state index contributed by atoms with van der Waals surface area (Å²) in [4.78, 5) is 25.0. The molecule has 4 aromatic rings. The van der Waals surface area contributed by atoms with Crippen LogP contribution in [-0.2, 0) is 21.9 Å². The van der Waals surface area contributed by atoms with Crippen molar-refractivity contribution in [1.82, 2.24) is 4.57 Å². The first-order valence-electron chi connectivity index (χ1n) is 10.6. The van der Waals surface area contributed by atoms with E-state index < -0.39 is 22.0 Å². The number of sulfonamides is 1. The van der Waals surface area contributed by atoms with Gasteiger partial charge in [0.2, 0.25) is 0 Å². The molecule has 2 heterocycles. The highest BCUT2D eigenvalue weighted by Gasteiger charge is 2.37. The van der Waals surface area contributed by atoms with Crippen molar-refractivity contribution in [2.45, 2.75) is 11.0 Å². The molecule has 0 spiro atoms. The molecule has 3 aromatic carbocycles. The molecule has 0 saturated heterocycles. The Morgan fingerprint density at radius 2 is 1.86 bits per heavy atom. The highest BCUT2D eigenvalue weighted by Crippen LogP contribution is 2.37. The average Bonchev–Trinajstić information content (AvgIpc) is 3.15. The molecule has 180 valence electrons. The van der Waals surface area contributed by atoms with Gasteiger partial charge in [-0.2, -0.15) is 0 Å². The summed E-state index contributed by atoms with van der Waals surface area (Å²) in [6, 6.07) is 17.9. The third-order valence-corrected chi connectivity index (χ3v) is 8.52. The lowest BCUT2D eigenvalue weighted by Crippen LogP contribution is -2.48. The van der Waals surface area contributed by atoms with Crippen LogP contribution in [0, 0.1) is 0 Å².